The van der Waals surface area contributed by atoms with Crippen molar-refractivity contribution in [1.29, 1.82) is 5.26 Å². The first-order chi connectivity index (χ1) is 13.4. The normalized spacial score (nSPS) is 19.1. The van der Waals surface area contributed by atoms with Gasteiger partial charge in [-0.05, 0) is 43.9 Å². The van der Waals surface area contributed by atoms with Gasteiger partial charge in [-0.1, -0.05) is 11.6 Å². The van der Waals surface area contributed by atoms with Gasteiger partial charge in [0.1, 0.15) is 17.6 Å². The maximum Gasteiger partial charge on any atom is 0.271 e. The van der Waals surface area contributed by atoms with Crippen LogP contribution in [0.25, 0.3) is 0 Å². The molecule has 28 heavy (non-hydrogen) atoms. The van der Waals surface area contributed by atoms with Crippen LogP contribution in [0.1, 0.15) is 47.6 Å². The molecule has 1 aromatic heterocycles. The number of nitrogens with one attached hydrogen (secondary N) is 1. The number of nitrogens with zero attached hydrogens (tertiary/aromatic N) is 4. The number of carbonyl (C=O) groups excluding carboxylic acids is 1. The van der Waals surface area contributed by atoms with Crippen molar-refractivity contribution in [2.24, 2.45) is 7.05 Å². The number of nitriles is 1. The van der Waals surface area contributed by atoms with Gasteiger partial charge in [-0.3, -0.25) is 4.79 Å². The fourth-order valence-corrected chi connectivity index (χ4v) is 4.16. The highest BCUT2D eigenvalue weighted by molar-refractivity contribution is 7.79. The summed E-state index contributed by atoms with van der Waals surface area (Å²) in [5.74, 6) is 1.15. The van der Waals surface area contributed by atoms with E-state index in [1.165, 1.54) is 0 Å². The van der Waals surface area contributed by atoms with Crippen LogP contribution in [-0.2, 0) is 12.8 Å². The molecule has 1 aromatic carbocycles. The van der Waals surface area contributed by atoms with Crippen molar-refractivity contribution >= 4 is 35.8 Å². The summed E-state index contributed by atoms with van der Waals surface area (Å²) in [6.07, 6.45) is 5.52. The topological polar surface area (TPSA) is 74.0 Å². The van der Waals surface area contributed by atoms with Gasteiger partial charge in [0.05, 0.1) is 10.6 Å². The minimum atomic E-state index is -0.126. The lowest BCUT2D eigenvalue weighted by Crippen LogP contribution is -2.43. The number of aromatic nitrogens is 2. The van der Waals surface area contributed by atoms with E-state index in [4.69, 9.17) is 16.9 Å². The Labute approximate surface area is 175 Å². The van der Waals surface area contributed by atoms with Gasteiger partial charge in [0, 0.05) is 43.8 Å². The molecule has 2 aromatic rings. The minimum Gasteiger partial charge on any atom is -0.372 e. The molecule has 1 fully saturated rings. The SMILES string of the molecule is Cn1cc(C(=O)N[C@H]2CC[C@H](N(C)c3ccc(C#N)c(Cl)c3)CC2)nc1CS. The number of thiol groups is 1. The van der Waals surface area contributed by atoms with E-state index in [2.05, 4.69) is 33.9 Å². The lowest BCUT2D eigenvalue weighted by atomic mass is 9.90. The zero-order valence-corrected chi connectivity index (χ0v) is 17.7. The molecule has 0 unspecified atom stereocenters. The van der Waals surface area contributed by atoms with Crippen LogP contribution >= 0.6 is 24.2 Å². The van der Waals surface area contributed by atoms with E-state index in [0.717, 1.165) is 37.2 Å². The summed E-state index contributed by atoms with van der Waals surface area (Å²) in [6, 6.07) is 8.15. The zero-order chi connectivity index (χ0) is 20.3. The molecule has 0 radical (unpaired) electrons. The third-order valence-electron chi connectivity index (χ3n) is 5.41. The number of hydrogen-bond donors (Lipinski definition) is 2. The fourth-order valence-electron chi connectivity index (χ4n) is 3.65. The summed E-state index contributed by atoms with van der Waals surface area (Å²) in [7, 11) is 3.92. The van der Waals surface area contributed by atoms with E-state index in [0.29, 0.717) is 28.1 Å². The van der Waals surface area contributed by atoms with Crippen molar-refractivity contribution in [3.05, 3.63) is 46.5 Å². The smallest absolute Gasteiger partial charge is 0.271 e. The first-order valence-corrected chi connectivity index (χ1v) is 10.3. The molecule has 1 aliphatic rings. The van der Waals surface area contributed by atoms with Crippen LogP contribution in [0.2, 0.25) is 5.02 Å². The summed E-state index contributed by atoms with van der Waals surface area (Å²) < 4.78 is 1.83. The Kier molecular flexibility index (Phi) is 6.53. The molecule has 0 aliphatic heterocycles. The number of imidazole rings is 1. The summed E-state index contributed by atoms with van der Waals surface area (Å²) in [5, 5.41) is 12.6. The van der Waals surface area contributed by atoms with E-state index in [-0.39, 0.29) is 11.9 Å². The Morgan fingerprint density at radius 2 is 2.14 bits per heavy atom. The zero-order valence-electron chi connectivity index (χ0n) is 16.0. The second-order valence-corrected chi connectivity index (χ2v) is 7.90. The molecule has 0 bridgehead atoms. The van der Waals surface area contributed by atoms with Gasteiger partial charge < -0.3 is 14.8 Å². The predicted octanol–water partition coefficient (Wildman–Crippen LogP) is 3.55. The lowest BCUT2D eigenvalue weighted by molar-refractivity contribution is 0.0921. The van der Waals surface area contributed by atoms with Gasteiger partial charge in [-0.15, -0.1) is 0 Å². The van der Waals surface area contributed by atoms with Crippen molar-refractivity contribution < 1.29 is 4.79 Å². The quantitative estimate of drug-likeness (QED) is 0.729. The predicted molar refractivity (Wildman–Crippen MR) is 114 cm³/mol. The van der Waals surface area contributed by atoms with E-state index in [1.54, 1.807) is 12.3 Å². The molecule has 1 saturated carbocycles. The Bertz CT molecular complexity index is 898. The van der Waals surface area contributed by atoms with E-state index < -0.39 is 0 Å². The van der Waals surface area contributed by atoms with Gasteiger partial charge in [0.25, 0.3) is 5.91 Å². The summed E-state index contributed by atoms with van der Waals surface area (Å²) >= 11 is 10.4. The molecular formula is C20H24ClN5OS. The largest absolute Gasteiger partial charge is 0.372 e. The van der Waals surface area contributed by atoms with Gasteiger partial charge in [0.2, 0.25) is 0 Å². The second-order valence-electron chi connectivity index (χ2n) is 7.18. The van der Waals surface area contributed by atoms with Gasteiger partial charge >= 0.3 is 0 Å². The van der Waals surface area contributed by atoms with Crippen LogP contribution < -0.4 is 10.2 Å². The molecule has 148 valence electrons. The summed E-state index contributed by atoms with van der Waals surface area (Å²) in [5.41, 5.74) is 1.93. The molecule has 0 spiro atoms. The number of amides is 1. The highest BCUT2D eigenvalue weighted by Crippen LogP contribution is 2.29. The first kappa shape index (κ1) is 20.6. The van der Waals surface area contributed by atoms with Crippen LogP contribution in [0.3, 0.4) is 0 Å². The molecule has 6 nitrogen and oxygen atoms in total. The number of aryl methyl sites for hydroxylation is 1. The van der Waals surface area contributed by atoms with Gasteiger partial charge in [0.15, 0.2) is 0 Å². The average molecular weight is 418 g/mol. The average Bonchev–Trinajstić information content (AvgIpc) is 3.09. The van der Waals surface area contributed by atoms with E-state index >= 15 is 0 Å². The van der Waals surface area contributed by atoms with Gasteiger partial charge in [-0.2, -0.15) is 17.9 Å². The van der Waals surface area contributed by atoms with Crippen molar-refractivity contribution in [3.8, 4) is 6.07 Å². The number of benzene rings is 1. The fraction of sp³-hybridized carbons (Fsp3) is 0.450. The van der Waals surface area contributed by atoms with Gasteiger partial charge in [-0.25, -0.2) is 4.98 Å². The monoisotopic (exact) mass is 417 g/mol. The van der Waals surface area contributed by atoms with E-state index in [1.807, 2.05) is 30.8 Å². The van der Waals surface area contributed by atoms with Crippen LogP contribution in [-0.4, -0.2) is 34.6 Å². The van der Waals surface area contributed by atoms with Crippen molar-refractivity contribution in [3.63, 3.8) is 0 Å². The Morgan fingerprint density at radius 1 is 1.43 bits per heavy atom. The van der Waals surface area contributed by atoms with Crippen LogP contribution in [0.4, 0.5) is 5.69 Å². The molecule has 1 N–H and O–H groups in total. The standard InChI is InChI=1S/C20H24ClN5OS/c1-25-11-18(24-19(25)12-28)20(27)23-14-4-7-15(8-5-14)26(2)16-6-3-13(10-22)17(21)9-16/h3,6,9,11,14-15,28H,4-5,7-8,12H2,1-2H3,(H,23,27)/t14-,15-. The highest BCUT2D eigenvalue weighted by Gasteiger charge is 2.26. The molecule has 0 atom stereocenters. The van der Waals surface area contributed by atoms with E-state index in [9.17, 15) is 4.79 Å². The third kappa shape index (κ3) is 4.45. The first-order valence-electron chi connectivity index (χ1n) is 9.29. The van der Waals surface area contributed by atoms with Crippen molar-refractivity contribution in [2.45, 2.75) is 43.5 Å². The maximum atomic E-state index is 12.5. The number of anilines is 1. The Balaban J connectivity index is 1.56. The number of halogens is 1. The van der Waals surface area contributed by atoms with Crippen LogP contribution in [0.5, 0.6) is 0 Å². The third-order valence-corrected chi connectivity index (χ3v) is 6.00. The second kappa shape index (κ2) is 8.89. The van der Waals surface area contributed by atoms with Crippen LogP contribution in [0.15, 0.2) is 24.4 Å². The Morgan fingerprint density at radius 3 is 2.71 bits per heavy atom. The molecule has 1 heterocycles. The number of hydrogen-bond acceptors (Lipinski definition) is 5. The maximum absolute atomic E-state index is 12.5. The molecule has 1 aliphatic carbocycles. The molecule has 8 heteroatoms. The molecule has 0 saturated heterocycles. The molecule has 1 amide bonds. The Hall–Kier alpha value is -2.17. The summed E-state index contributed by atoms with van der Waals surface area (Å²) in [4.78, 5) is 19.0. The number of rotatable bonds is 5. The molecular weight excluding hydrogens is 394 g/mol. The summed E-state index contributed by atoms with van der Waals surface area (Å²) in [6.45, 7) is 0. The van der Waals surface area contributed by atoms with Crippen molar-refractivity contribution in [2.75, 3.05) is 11.9 Å². The number of carbonyl (C=O) groups is 1. The highest BCUT2D eigenvalue weighted by atomic mass is 35.5. The lowest BCUT2D eigenvalue weighted by Gasteiger charge is -2.36. The van der Waals surface area contributed by atoms with Crippen LogP contribution in [0, 0.1) is 11.3 Å². The molecule has 3 rings (SSSR count). The van der Waals surface area contributed by atoms with Crippen molar-refractivity contribution in [1.82, 2.24) is 14.9 Å². The minimum absolute atomic E-state index is 0.126.